The van der Waals surface area contributed by atoms with Gasteiger partial charge in [0.05, 0.1) is 7.11 Å². The zero-order valence-corrected chi connectivity index (χ0v) is 12.2. The number of benzene rings is 1. The molecule has 5 heteroatoms. The molecule has 112 valence electrons. The van der Waals surface area contributed by atoms with Crippen LogP contribution >= 0.6 is 0 Å². The fourth-order valence-corrected chi connectivity index (χ4v) is 2.71. The topological polar surface area (TPSA) is 58.6 Å². The molecule has 0 bridgehead atoms. The SMILES string of the molecule is COc1ccc(CN2CCC(=O)NC(C3CC3)C2=O)cc1. The molecule has 2 aliphatic rings. The van der Waals surface area contributed by atoms with Crippen LogP contribution in [0.2, 0.25) is 0 Å². The Morgan fingerprint density at radius 3 is 2.57 bits per heavy atom. The van der Waals surface area contributed by atoms with E-state index in [0.717, 1.165) is 24.2 Å². The molecule has 0 spiro atoms. The Morgan fingerprint density at radius 2 is 1.95 bits per heavy atom. The minimum atomic E-state index is -0.321. The van der Waals surface area contributed by atoms with E-state index in [4.69, 9.17) is 4.74 Å². The van der Waals surface area contributed by atoms with E-state index in [2.05, 4.69) is 5.32 Å². The predicted octanol–water partition coefficient (Wildman–Crippen LogP) is 1.32. The second-order valence-electron chi connectivity index (χ2n) is 5.74. The van der Waals surface area contributed by atoms with Crippen LogP contribution in [0.15, 0.2) is 24.3 Å². The van der Waals surface area contributed by atoms with Crippen molar-refractivity contribution in [2.75, 3.05) is 13.7 Å². The van der Waals surface area contributed by atoms with Crippen molar-refractivity contribution < 1.29 is 14.3 Å². The molecule has 0 radical (unpaired) electrons. The lowest BCUT2D eigenvalue weighted by atomic mass is 10.1. The Balaban J connectivity index is 1.72. The van der Waals surface area contributed by atoms with Gasteiger partial charge in [0.25, 0.3) is 0 Å². The molecule has 1 atom stereocenters. The van der Waals surface area contributed by atoms with E-state index in [1.54, 1.807) is 12.0 Å². The number of rotatable bonds is 4. The minimum Gasteiger partial charge on any atom is -0.497 e. The normalized spacial score (nSPS) is 22.7. The Bertz CT molecular complexity index is 537. The van der Waals surface area contributed by atoms with E-state index in [9.17, 15) is 9.59 Å². The van der Waals surface area contributed by atoms with Crippen molar-refractivity contribution >= 4 is 11.8 Å². The van der Waals surface area contributed by atoms with Crippen molar-refractivity contribution in [3.05, 3.63) is 29.8 Å². The molecule has 1 unspecified atom stereocenters. The number of ether oxygens (including phenoxy) is 1. The summed E-state index contributed by atoms with van der Waals surface area (Å²) in [6.07, 6.45) is 2.45. The highest BCUT2D eigenvalue weighted by Crippen LogP contribution is 2.34. The standard InChI is InChI=1S/C16H20N2O3/c1-21-13-6-2-11(3-7-13)10-18-9-8-14(19)17-15(16(18)20)12-4-5-12/h2-3,6-7,12,15H,4-5,8-10H2,1H3,(H,17,19). The van der Waals surface area contributed by atoms with Gasteiger partial charge in [0.15, 0.2) is 0 Å². The summed E-state index contributed by atoms with van der Waals surface area (Å²) >= 11 is 0. The van der Waals surface area contributed by atoms with Crippen molar-refractivity contribution in [1.29, 1.82) is 0 Å². The van der Waals surface area contributed by atoms with E-state index in [0.29, 0.717) is 25.4 Å². The summed E-state index contributed by atoms with van der Waals surface area (Å²) in [5, 5.41) is 2.87. The average Bonchev–Trinajstić information content (AvgIpc) is 3.33. The van der Waals surface area contributed by atoms with Crippen molar-refractivity contribution in [3.63, 3.8) is 0 Å². The number of nitrogens with zero attached hydrogens (tertiary/aromatic N) is 1. The monoisotopic (exact) mass is 288 g/mol. The van der Waals surface area contributed by atoms with Crippen molar-refractivity contribution in [3.8, 4) is 5.75 Å². The summed E-state index contributed by atoms with van der Waals surface area (Å²) in [5.41, 5.74) is 1.05. The summed E-state index contributed by atoms with van der Waals surface area (Å²) in [6, 6.07) is 7.37. The van der Waals surface area contributed by atoms with Crippen LogP contribution < -0.4 is 10.1 Å². The highest BCUT2D eigenvalue weighted by molar-refractivity contribution is 5.90. The molecule has 21 heavy (non-hydrogen) atoms. The predicted molar refractivity (Wildman–Crippen MR) is 77.7 cm³/mol. The Morgan fingerprint density at radius 1 is 1.24 bits per heavy atom. The zero-order chi connectivity index (χ0) is 14.8. The van der Waals surface area contributed by atoms with E-state index in [1.807, 2.05) is 24.3 Å². The average molecular weight is 288 g/mol. The number of hydrogen-bond donors (Lipinski definition) is 1. The maximum absolute atomic E-state index is 12.6. The first-order valence-corrected chi connectivity index (χ1v) is 7.38. The molecule has 1 aliphatic heterocycles. The van der Waals surface area contributed by atoms with Gasteiger partial charge in [-0.1, -0.05) is 12.1 Å². The first-order valence-electron chi connectivity index (χ1n) is 7.38. The molecule has 1 heterocycles. The van der Waals surface area contributed by atoms with Gasteiger partial charge >= 0.3 is 0 Å². The Labute approximate surface area is 124 Å². The van der Waals surface area contributed by atoms with E-state index >= 15 is 0 Å². The van der Waals surface area contributed by atoms with Crippen LogP contribution in [0.3, 0.4) is 0 Å². The zero-order valence-electron chi connectivity index (χ0n) is 12.2. The summed E-state index contributed by atoms with van der Waals surface area (Å²) in [6.45, 7) is 1.03. The molecule has 2 amide bonds. The molecule has 0 aromatic heterocycles. The van der Waals surface area contributed by atoms with Gasteiger partial charge in [-0.25, -0.2) is 0 Å². The summed E-state index contributed by atoms with van der Waals surface area (Å²) in [7, 11) is 1.63. The molecule has 2 fully saturated rings. The maximum atomic E-state index is 12.6. The van der Waals surface area contributed by atoms with E-state index in [-0.39, 0.29) is 17.9 Å². The molecule has 1 saturated heterocycles. The molecule has 1 aromatic rings. The van der Waals surface area contributed by atoms with Gasteiger partial charge in [-0.3, -0.25) is 9.59 Å². The lowest BCUT2D eigenvalue weighted by molar-refractivity contribution is -0.134. The van der Waals surface area contributed by atoms with Crippen molar-refractivity contribution in [2.24, 2.45) is 5.92 Å². The molecule has 1 aliphatic carbocycles. The van der Waals surface area contributed by atoms with Crippen LogP contribution in [-0.2, 0) is 16.1 Å². The molecule has 1 aromatic carbocycles. The number of amides is 2. The number of nitrogens with one attached hydrogen (secondary N) is 1. The molecule has 3 rings (SSSR count). The number of carbonyl (C=O) groups excluding carboxylic acids is 2. The molecule has 1 N–H and O–H groups in total. The smallest absolute Gasteiger partial charge is 0.245 e. The van der Waals surface area contributed by atoms with Crippen LogP contribution in [0.25, 0.3) is 0 Å². The van der Waals surface area contributed by atoms with Crippen molar-refractivity contribution in [1.82, 2.24) is 10.2 Å². The highest BCUT2D eigenvalue weighted by atomic mass is 16.5. The highest BCUT2D eigenvalue weighted by Gasteiger charge is 2.40. The lowest BCUT2D eigenvalue weighted by Crippen LogP contribution is -2.45. The molecule has 1 saturated carbocycles. The summed E-state index contributed by atoms with van der Waals surface area (Å²) in [4.78, 5) is 26.1. The van der Waals surface area contributed by atoms with Crippen LogP contribution in [0.4, 0.5) is 0 Å². The second kappa shape index (κ2) is 5.76. The van der Waals surface area contributed by atoms with Crippen LogP contribution in [0.5, 0.6) is 5.75 Å². The second-order valence-corrected chi connectivity index (χ2v) is 5.74. The molecular weight excluding hydrogens is 268 g/mol. The number of methoxy groups -OCH3 is 1. The lowest BCUT2D eigenvalue weighted by Gasteiger charge is -2.24. The van der Waals surface area contributed by atoms with Gasteiger partial charge in [0.1, 0.15) is 11.8 Å². The van der Waals surface area contributed by atoms with Gasteiger partial charge in [-0.15, -0.1) is 0 Å². The quantitative estimate of drug-likeness (QED) is 0.909. The third-order valence-electron chi connectivity index (χ3n) is 4.13. The number of hydrogen-bond acceptors (Lipinski definition) is 3. The van der Waals surface area contributed by atoms with E-state index in [1.165, 1.54) is 0 Å². The summed E-state index contributed by atoms with van der Waals surface area (Å²) < 4.78 is 5.14. The first kappa shape index (κ1) is 13.9. The third kappa shape index (κ3) is 3.17. The fourth-order valence-electron chi connectivity index (χ4n) is 2.71. The van der Waals surface area contributed by atoms with Crippen LogP contribution in [0.1, 0.15) is 24.8 Å². The van der Waals surface area contributed by atoms with Gasteiger partial charge in [0, 0.05) is 19.5 Å². The first-order chi connectivity index (χ1) is 10.2. The molecular formula is C16H20N2O3. The van der Waals surface area contributed by atoms with Crippen molar-refractivity contribution in [2.45, 2.75) is 31.8 Å². The number of carbonyl (C=O) groups is 2. The largest absolute Gasteiger partial charge is 0.497 e. The maximum Gasteiger partial charge on any atom is 0.245 e. The van der Waals surface area contributed by atoms with Gasteiger partial charge in [0.2, 0.25) is 11.8 Å². The van der Waals surface area contributed by atoms with Gasteiger partial charge in [-0.2, -0.15) is 0 Å². The summed E-state index contributed by atoms with van der Waals surface area (Å²) in [5.74, 6) is 1.17. The van der Waals surface area contributed by atoms with Gasteiger partial charge in [-0.05, 0) is 36.5 Å². The third-order valence-corrected chi connectivity index (χ3v) is 4.13. The van der Waals surface area contributed by atoms with Crippen LogP contribution in [-0.4, -0.2) is 36.4 Å². The Hall–Kier alpha value is -2.04. The van der Waals surface area contributed by atoms with E-state index < -0.39 is 0 Å². The minimum absolute atomic E-state index is 0.0162. The van der Waals surface area contributed by atoms with Crippen LogP contribution in [0, 0.1) is 5.92 Å². The molecule has 5 nitrogen and oxygen atoms in total. The fraction of sp³-hybridized carbons (Fsp3) is 0.500. The van der Waals surface area contributed by atoms with Gasteiger partial charge < -0.3 is 15.0 Å². The Kier molecular flexibility index (Phi) is 3.82.